The molecule has 6 rings (SSSR count). The van der Waals surface area contributed by atoms with Crippen molar-refractivity contribution in [2.45, 2.75) is 62.7 Å². The molecule has 2 aromatic rings. The minimum absolute atomic E-state index is 0.129. The highest BCUT2D eigenvalue weighted by atomic mass is 16.2. The van der Waals surface area contributed by atoms with E-state index in [1.165, 1.54) is 11.1 Å². The molecule has 0 bridgehead atoms. The molecule has 190 valence electrons. The summed E-state index contributed by atoms with van der Waals surface area (Å²) >= 11 is 0. The van der Waals surface area contributed by atoms with Gasteiger partial charge in [0.1, 0.15) is 11.6 Å². The van der Waals surface area contributed by atoms with Gasteiger partial charge in [-0.3, -0.25) is 14.5 Å². The van der Waals surface area contributed by atoms with Crippen LogP contribution < -0.4 is 0 Å². The highest BCUT2D eigenvalue weighted by molar-refractivity contribution is 6.00. The number of benzene rings is 2. The summed E-state index contributed by atoms with van der Waals surface area (Å²) in [6.07, 6.45) is 5.25. The number of carbonyl (C=O) groups is 2. The number of fused-ring (bicyclic) bond motifs is 1. The number of amides is 2. The monoisotopic (exact) mass is 486 g/mol. The van der Waals surface area contributed by atoms with Crippen LogP contribution in [0.5, 0.6) is 0 Å². The number of hydrogen-bond acceptors (Lipinski definition) is 4. The molecule has 2 atom stereocenters. The highest BCUT2D eigenvalue weighted by Crippen LogP contribution is 2.42. The van der Waals surface area contributed by atoms with Crippen LogP contribution in [0, 0.1) is 0 Å². The lowest BCUT2D eigenvalue weighted by molar-refractivity contribution is -0.176. The van der Waals surface area contributed by atoms with E-state index in [1.54, 1.807) is 0 Å². The summed E-state index contributed by atoms with van der Waals surface area (Å²) in [5.41, 5.74) is 2.00. The first-order valence-electron chi connectivity index (χ1n) is 13.8. The molecule has 4 heterocycles. The number of rotatable bonds is 6. The van der Waals surface area contributed by atoms with E-state index >= 15 is 0 Å². The lowest BCUT2D eigenvalue weighted by Crippen LogP contribution is -2.74. The Hall–Kier alpha value is -2.70. The number of carbonyl (C=O) groups excluding carboxylic acids is 2. The molecule has 0 saturated carbocycles. The van der Waals surface area contributed by atoms with Crippen molar-refractivity contribution in [2.24, 2.45) is 0 Å². The molecule has 0 N–H and O–H groups in total. The van der Waals surface area contributed by atoms with E-state index in [-0.39, 0.29) is 23.9 Å². The van der Waals surface area contributed by atoms with Gasteiger partial charge in [-0.1, -0.05) is 60.7 Å². The maximum atomic E-state index is 14.1. The molecule has 0 aromatic heterocycles. The van der Waals surface area contributed by atoms with Crippen molar-refractivity contribution < 1.29 is 9.59 Å². The first kappa shape index (κ1) is 23.7. The number of hydrogen-bond donors (Lipinski definition) is 0. The second-order valence-electron chi connectivity index (χ2n) is 11.1. The van der Waals surface area contributed by atoms with Crippen LogP contribution in [0.25, 0.3) is 0 Å². The fraction of sp³-hybridized carbons (Fsp3) is 0.533. The smallest absolute Gasteiger partial charge is 0.249 e. The average molecular weight is 487 g/mol. The predicted molar refractivity (Wildman–Crippen MR) is 140 cm³/mol. The molecule has 2 unspecified atom stereocenters. The quantitative estimate of drug-likeness (QED) is 0.629. The molecule has 4 aliphatic rings. The van der Waals surface area contributed by atoms with Gasteiger partial charge < -0.3 is 14.7 Å². The molecule has 0 radical (unpaired) electrons. The molecule has 6 heteroatoms. The molecule has 4 fully saturated rings. The first-order chi connectivity index (χ1) is 17.6. The molecule has 4 saturated heterocycles. The van der Waals surface area contributed by atoms with Crippen LogP contribution in [0.4, 0.5) is 0 Å². The van der Waals surface area contributed by atoms with Crippen molar-refractivity contribution in [1.82, 2.24) is 19.6 Å². The van der Waals surface area contributed by atoms with Gasteiger partial charge in [-0.15, -0.1) is 0 Å². The predicted octanol–water partition coefficient (Wildman–Crippen LogP) is 3.17. The van der Waals surface area contributed by atoms with Crippen molar-refractivity contribution in [1.29, 1.82) is 0 Å². The van der Waals surface area contributed by atoms with Crippen LogP contribution in [0.15, 0.2) is 60.7 Å². The Balaban J connectivity index is 1.18. The summed E-state index contributed by atoms with van der Waals surface area (Å²) in [7, 11) is 0. The van der Waals surface area contributed by atoms with Crippen LogP contribution in [-0.4, -0.2) is 88.3 Å². The standard InChI is InChI=1S/C30H38N4O2/c35-28-27-12-7-17-33(27)29(36)30(15-20-31(21-16-30)18-13-24-8-3-1-4-9-24)34(28)26-14-19-32(23-26)22-25-10-5-2-6-11-25/h1-6,8-11,26-27H,7,12-23H2. The summed E-state index contributed by atoms with van der Waals surface area (Å²) in [5.74, 6) is 0.449. The van der Waals surface area contributed by atoms with Crippen LogP contribution in [0.2, 0.25) is 0 Å². The number of piperidine rings is 1. The summed E-state index contributed by atoms with van der Waals surface area (Å²) < 4.78 is 0. The Labute approximate surface area is 214 Å². The van der Waals surface area contributed by atoms with Crippen molar-refractivity contribution in [3.05, 3.63) is 71.8 Å². The Morgan fingerprint density at radius 1 is 0.778 bits per heavy atom. The lowest BCUT2D eigenvalue weighted by Gasteiger charge is -2.55. The minimum atomic E-state index is -0.658. The topological polar surface area (TPSA) is 47.1 Å². The van der Waals surface area contributed by atoms with E-state index < -0.39 is 5.54 Å². The van der Waals surface area contributed by atoms with E-state index in [4.69, 9.17) is 0 Å². The lowest BCUT2D eigenvalue weighted by atomic mass is 9.79. The van der Waals surface area contributed by atoms with Gasteiger partial charge in [0.05, 0.1) is 0 Å². The van der Waals surface area contributed by atoms with Crippen LogP contribution in [0.1, 0.15) is 43.2 Å². The molecule has 6 nitrogen and oxygen atoms in total. The third-order valence-corrected chi connectivity index (χ3v) is 9.00. The third kappa shape index (κ3) is 4.35. The van der Waals surface area contributed by atoms with Gasteiger partial charge in [-0.2, -0.15) is 0 Å². The number of likely N-dealkylation sites (tertiary alicyclic amines) is 2. The molecule has 0 aliphatic carbocycles. The maximum absolute atomic E-state index is 14.1. The van der Waals surface area contributed by atoms with Crippen LogP contribution in [0.3, 0.4) is 0 Å². The highest BCUT2D eigenvalue weighted by Gasteiger charge is 2.59. The summed E-state index contributed by atoms with van der Waals surface area (Å²) in [6, 6.07) is 21.1. The van der Waals surface area contributed by atoms with Gasteiger partial charge in [0.2, 0.25) is 11.8 Å². The van der Waals surface area contributed by atoms with Gasteiger partial charge >= 0.3 is 0 Å². The maximum Gasteiger partial charge on any atom is 0.249 e. The van der Waals surface area contributed by atoms with Crippen LogP contribution >= 0.6 is 0 Å². The fourth-order valence-corrected chi connectivity index (χ4v) is 7.08. The largest absolute Gasteiger partial charge is 0.329 e. The average Bonchev–Trinajstić information content (AvgIpc) is 3.59. The Morgan fingerprint density at radius 2 is 1.47 bits per heavy atom. The Morgan fingerprint density at radius 3 is 2.19 bits per heavy atom. The molecular formula is C30H38N4O2. The SMILES string of the molecule is O=C1C2CCCN2C(=O)C2(CCN(CCc3ccccc3)CC2)N1C1CCN(Cc2ccccc2)C1. The summed E-state index contributed by atoms with van der Waals surface area (Å²) in [4.78, 5) is 37.0. The van der Waals surface area contributed by atoms with Gasteiger partial charge in [-0.05, 0) is 49.7 Å². The van der Waals surface area contributed by atoms with Gasteiger partial charge in [0.25, 0.3) is 0 Å². The van der Waals surface area contributed by atoms with Crippen molar-refractivity contribution in [3.8, 4) is 0 Å². The zero-order chi connectivity index (χ0) is 24.5. The van der Waals surface area contributed by atoms with E-state index in [0.717, 1.165) is 84.3 Å². The zero-order valence-electron chi connectivity index (χ0n) is 21.2. The van der Waals surface area contributed by atoms with Crippen LogP contribution in [-0.2, 0) is 22.6 Å². The second kappa shape index (κ2) is 9.98. The number of nitrogens with zero attached hydrogens (tertiary/aromatic N) is 4. The van der Waals surface area contributed by atoms with Crippen molar-refractivity contribution in [3.63, 3.8) is 0 Å². The fourth-order valence-electron chi connectivity index (χ4n) is 7.08. The molecule has 1 spiro atoms. The summed E-state index contributed by atoms with van der Waals surface area (Å²) in [5, 5.41) is 0. The van der Waals surface area contributed by atoms with Gasteiger partial charge in [0, 0.05) is 51.9 Å². The molecule has 4 aliphatic heterocycles. The summed E-state index contributed by atoms with van der Waals surface area (Å²) in [6.45, 7) is 6.24. The van der Waals surface area contributed by atoms with Gasteiger partial charge in [-0.25, -0.2) is 0 Å². The third-order valence-electron chi connectivity index (χ3n) is 9.00. The molecule has 2 aromatic carbocycles. The van der Waals surface area contributed by atoms with E-state index in [9.17, 15) is 9.59 Å². The molecule has 36 heavy (non-hydrogen) atoms. The zero-order valence-corrected chi connectivity index (χ0v) is 21.2. The molecule has 2 amide bonds. The second-order valence-corrected chi connectivity index (χ2v) is 11.1. The number of piperazine rings is 1. The van der Waals surface area contributed by atoms with Crippen molar-refractivity contribution in [2.75, 3.05) is 39.3 Å². The Bertz CT molecular complexity index is 1070. The van der Waals surface area contributed by atoms with Gasteiger partial charge in [0.15, 0.2) is 0 Å². The molecular weight excluding hydrogens is 448 g/mol. The Kier molecular flexibility index (Phi) is 6.57. The van der Waals surface area contributed by atoms with Crippen molar-refractivity contribution >= 4 is 11.8 Å². The normalized spacial score (nSPS) is 26.7. The first-order valence-corrected chi connectivity index (χ1v) is 13.8. The minimum Gasteiger partial charge on any atom is -0.329 e. The van der Waals surface area contributed by atoms with E-state index in [1.807, 2.05) is 4.90 Å². The van der Waals surface area contributed by atoms with E-state index in [0.29, 0.717) is 0 Å². The van der Waals surface area contributed by atoms with E-state index in [2.05, 4.69) is 75.4 Å².